The van der Waals surface area contributed by atoms with Crippen molar-refractivity contribution in [2.45, 2.75) is 25.7 Å². The molecule has 0 fully saturated rings. The molecular formula is C19H22O4. The number of carbonyl (C=O) groups is 1. The minimum atomic E-state index is -0.849. The van der Waals surface area contributed by atoms with Crippen molar-refractivity contribution in [3.8, 4) is 11.5 Å². The fourth-order valence-electron chi connectivity index (χ4n) is 2.53. The van der Waals surface area contributed by atoms with Gasteiger partial charge in [-0.25, -0.2) is 0 Å². The minimum Gasteiger partial charge on any atom is -0.493 e. The second kappa shape index (κ2) is 8.22. The Kier molecular flexibility index (Phi) is 6.03. The molecule has 0 aliphatic heterocycles. The summed E-state index contributed by atoms with van der Waals surface area (Å²) in [4.78, 5) is 11.7. The van der Waals surface area contributed by atoms with E-state index in [0.717, 1.165) is 17.5 Å². The number of aliphatic carboxylic acids is 1. The van der Waals surface area contributed by atoms with Crippen LogP contribution in [-0.2, 0) is 11.2 Å². The van der Waals surface area contributed by atoms with Crippen molar-refractivity contribution in [1.82, 2.24) is 0 Å². The number of hydrogen-bond acceptors (Lipinski definition) is 3. The van der Waals surface area contributed by atoms with Crippen LogP contribution in [0.25, 0.3) is 0 Å². The Labute approximate surface area is 136 Å². The van der Waals surface area contributed by atoms with E-state index in [4.69, 9.17) is 9.47 Å². The first-order valence-corrected chi connectivity index (χ1v) is 7.73. The molecule has 0 aromatic heterocycles. The second-order valence-electron chi connectivity index (χ2n) is 5.30. The highest BCUT2D eigenvalue weighted by molar-refractivity contribution is 5.76. The van der Waals surface area contributed by atoms with Crippen molar-refractivity contribution >= 4 is 5.97 Å². The van der Waals surface area contributed by atoms with Gasteiger partial charge in [-0.15, -0.1) is 0 Å². The molecular weight excluding hydrogens is 292 g/mol. The van der Waals surface area contributed by atoms with Crippen LogP contribution in [0.3, 0.4) is 0 Å². The van der Waals surface area contributed by atoms with Crippen molar-refractivity contribution in [3.63, 3.8) is 0 Å². The molecule has 2 aromatic carbocycles. The number of hydrogen-bond donors (Lipinski definition) is 1. The highest BCUT2D eigenvalue weighted by atomic mass is 16.5. The van der Waals surface area contributed by atoms with Crippen molar-refractivity contribution in [3.05, 3.63) is 59.7 Å². The molecule has 122 valence electrons. The Balaban J connectivity index is 2.31. The molecule has 4 nitrogen and oxygen atoms in total. The molecule has 0 radical (unpaired) electrons. The van der Waals surface area contributed by atoms with Crippen LogP contribution in [0.1, 0.15) is 30.4 Å². The molecule has 0 aliphatic carbocycles. The SMILES string of the molecule is CCCOc1cccc(CC(C(=O)O)c2ccccc2)c1OC. The van der Waals surface area contributed by atoms with Gasteiger partial charge in [0.15, 0.2) is 11.5 Å². The van der Waals surface area contributed by atoms with Gasteiger partial charge >= 0.3 is 5.97 Å². The quantitative estimate of drug-likeness (QED) is 0.803. The lowest BCUT2D eigenvalue weighted by atomic mass is 9.91. The maximum Gasteiger partial charge on any atom is 0.311 e. The molecule has 2 rings (SSSR count). The summed E-state index contributed by atoms with van der Waals surface area (Å²) in [6.45, 7) is 2.63. The lowest BCUT2D eigenvalue weighted by Crippen LogP contribution is -2.15. The summed E-state index contributed by atoms with van der Waals surface area (Å²) in [6.07, 6.45) is 1.25. The standard InChI is InChI=1S/C19H22O4/c1-3-12-23-17-11-7-10-15(18(17)22-2)13-16(19(20)21)14-8-5-4-6-9-14/h4-11,16H,3,12-13H2,1-2H3,(H,20,21). The Bertz CT molecular complexity index is 637. The van der Waals surface area contributed by atoms with Crippen LogP contribution in [0.4, 0.5) is 0 Å². The van der Waals surface area contributed by atoms with Crippen LogP contribution >= 0.6 is 0 Å². The van der Waals surface area contributed by atoms with Gasteiger partial charge in [0.2, 0.25) is 0 Å². The summed E-state index contributed by atoms with van der Waals surface area (Å²) in [5.74, 6) is -0.197. The average Bonchev–Trinajstić information content (AvgIpc) is 2.58. The third-order valence-corrected chi connectivity index (χ3v) is 3.65. The van der Waals surface area contributed by atoms with E-state index in [2.05, 4.69) is 0 Å². The maximum absolute atomic E-state index is 11.7. The van der Waals surface area contributed by atoms with E-state index in [1.165, 1.54) is 0 Å². The summed E-state index contributed by atoms with van der Waals surface area (Å²) in [5, 5.41) is 9.59. The Morgan fingerprint density at radius 2 is 1.87 bits per heavy atom. The molecule has 0 saturated carbocycles. The number of para-hydroxylation sites is 1. The molecule has 23 heavy (non-hydrogen) atoms. The number of ether oxygens (including phenoxy) is 2. The summed E-state index contributed by atoms with van der Waals surface area (Å²) < 4.78 is 11.2. The summed E-state index contributed by atoms with van der Waals surface area (Å²) >= 11 is 0. The van der Waals surface area contributed by atoms with Crippen LogP contribution in [0.5, 0.6) is 11.5 Å². The smallest absolute Gasteiger partial charge is 0.311 e. The average molecular weight is 314 g/mol. The molecule has 1 atom stereocenters. The maximum atomic E-state index is 11.7. The van der Waals surface area contributed by atoms with Crippen LogP contribution in [0, 0.1) is 0 Å². The Morgan fingerprint density at radius 3 is 2.48 bits per heavy atom. The van der Waals surface area contributed by atoms with Crippen molar-refractivity contribution in [2.24, 2.45) is 0 Å². The molecule has 2 aromatic rings. The van der Waals surface area contributed by atoms with Gasteiger partial charge in [0.25, 0.3) is 0 Å². The Hall–Kier alpha value is -2.49. The number of carboxylic acid groups (broad SMARTS) is 1. The van der Waals surface area contributed by atoms with Gasteiger partial charge in [0.05, 0.1) is 19.6 Å². The van der Waals surface area contributed by atoms with Crippen LogP contribution in [-0.4, -0.2) is 24.8 Å². The third kappa shape index (κ3) is 4.25. The first-order chi connectivity index (χ1) is 11.2. The van der Waals surface area contributed by atoms with Crippen molar-refractivity contribution < 1.29 is 19.4 Å². The molecule has 0 spiro atoms. The third-order valence-electron chi connectivity index (χ3n) is 3.65. The predicted molar refractivity (Wildman–Crippen MR) is 89.3 cm³/mol. The van der Waals surface area contributed by atoms with Crippen LogP contribution < -0.4 is 9.47 Å². The zero-order valence-corrected chi connectivity index (χ0v) is 13.5. The topological polar surface area (TPSA) is 55.8 Å². The summed E-state index contributed by atoms with van der Waals surface area (Å²) in [6, 6.07) is 14.8. The van der Waals surface area contributed by atoms with E-state index in [1.807, 2.05) is 55.5 Å². The number of benzene rings is 2. The first-order valence-electron chi connectivity index (χ1n) is 7.73. The molecule has 0 amide bonds. The number of carboxylic acids is 1. The molecule has 4 heteroatoms. The molecule has 1 unspecified atom stereocenters. The minimum absolute atomic E-state index is 0.353. The predicted octanol–water partition coefficient (Wildman–Crippen LogP) is 3.89. The fourth-order valence-corrected chi connectivity index (χ4v) is 2.53. The van der Waals surface area contributed by atoms with Gasteiger partial charge in [-0.05, 0) is 30.0 Å². The zero-order chi connectivity index (χ0) is 16.7. The van der Waals surface area contributed by atoms with Gasteiger partial charge in [-0.3, -0.25) is 4.79 Å². The lowest BCUT2D eigenvalue weighted by molar-refractivity contribution is -0.138. The number of methoxy groups -OCH3 is 1. The molecule has 0 bridgehead atoms. The van der Waals surface area contributed by atoms with Gasteiger partial charge in [0.1, 0.15) is 0 Å². The lowest BCUT2D eigenvalue weighted by Gasteiger charge is -2.17. The first kappa shape index (κ1) is 16.9. The summed E-state index contributed by atoms with van der Waals surface area (Å²) in [5.41, 5.74) is 1.61. The highest BCUT2D eigenvalue weighted by Gasteiger charge is 2.23. The fraction of sp³-hybridized carbons (Fsp3) is 0.316. The van der Waals surface area contributed by atoms with E-state index in [0.29, 0.717) is 24.5 Å². The van der Waals surface area contributed by atoms with Crippen LogP contribution in [0.15, 0.2) is 48.5 Å². The van der Waals surface area contributed by atoms with E-state index in [-0.39, 0.29) is 0 Å². The van der Waals surface area contributed by atoms with E-state index >= 15 is 0 Å². The van der Waals surface area contributed by atoms with Gasteiger partial charge in [-0.2, -0.15) is 0 Å². The second-order valence-corrected chi connectivity index (χ2v) is 5.30. The monoisotopic (exact) mass is 314 g/mol. The summed E-state index contributed by atoms with van der Waals surface area (Å²) in [7, 11) is 1.58. The van der Waals surface area contributed by atoms with Gasteiger partial charge in [-0.1, -0.05) is 49.4 Å². The highest BCUT2D eigenvalue weighted by Crippen LogP contribution is 2.34. The number of rotatable bonds is 8. The molecule has 0 heterocycles. The normalized spacial score (nSPS) is 11.7. The van der Waals surface area contributed by atoms with Crippen molar-refractivity contribution in [1.29, 1.82) is 0 Å². The van der Waals surface area contributed by atoms with E-state index in [9.17, 15) is 9.90 Å². The zero-order valence-electron chi connectivity index (χ0n) is 13.5. The molecule has 0 saturated heterocycles. The van der Waals surface area contributed by atoms with Gasteiger partial charge < -0.3 is 14.6 Å². The van der Waals surface area contributed by atoms with E-state index in [1.54, 1.807) is 7.11 Å². The molecule has 0 aliphatic rings. The van der Waals surface area contributed by atoms with Crippen molar-refractivity contribution in [2.75, 3.05) is 13.7 Å². The van der Waals surface area contributed by atoms with Gasteiger partial charge in [0, 0.05) is 0 Å². The Morgan fingerprint density at radius 1 is 1.13 bits per heavy atom. The molecule has 1 N–H and O–H groups in total. The largest absolute Gasteiger partial charge is 0.493 e. The van der Waals surface area contributed by atoms with Crippen LogP contribution in [0.2, 0.25) is 0 Å². The van der Waals surface area contributed by atoms with E-state index < -0.39 is 11.9 Å².